The van der Waals surface area contributed by atoms with Gasteiger partial charge >= 0.3 is 5.97 Å². The number of nitrogens with zero attached hydrogens (tertiary/aromatic N) is 1. The van der Waals surface area contributed by atoms with Crippen LogP contribution in [0.3, 0.4) is 0 Å². The van der Waals surface area contributed by atoms with Crippen molar-refractivity contribution in [2.75, 3.05) is 0 Å². The van der Waals surface area contributed by atoms with Crippen molar-refractivity contribution >= 4 is 23.1 Å². The average Bonchev–Trinajstić information content (AvgIpc) is 2.95. The van der Waals surface area contributed by atoms with Crippen LogP contribution < -0.4 is 0 Å². The number of carboxylic acids is 1. The lowest BCUT2D eigenvalue weighted by molar-refractivity contribution is -0.138. The molecule has 0 saturated carbocycles. The van der Waals surface area contributed by atoms with Crippen molar-refractivity contribution in [1.29, 1.82) is 0 Å². The van der Waals surface area contributed by atoms with Crippen molar-refractivity contribution in [3.05, 3.63) is 65.9 Å². The van der Waals surface area contributed by atoms with Crippen LogP contribution in [0.2, 0.25) is 0 Å². The molecule has 0 aliphatic carbocycles. The van der Waals surface area contributed by atoms with E-state index in [9.17, 15) is 15.0 Å². The Balaban J connectivity index is 1.85. The quantitative estimate of drug-likeness (QED) is 0.633. The SMILES string of the molecule is O=C(O)[C@H](Cc1c[nH]c2ccccc12)/N=C/c1ccccc1O. The minimum Gasteiger partial charge on any atom is -0.507 e. The number of aliphatic imine (C=N–C) groups is 1. The molecule has 0 saturated heterocycles. The summed E-state index contributed by atoms with van der Waals surface area (Å²) < 4.78 is 0. The Bertz CT molecular complexity index is 867. The van der Waals surface area contributed by atoms with Crippen LogP contribution in [0.15, 0.2) is 59.7 Å². The van der Waals surface area contributed by atoms with E-state index in [1.54, 1.807) is 18.2 Å². The fourth-order valence-corrected chi connectivity index (χ4v) is 2.48. The second-order valence-electron chi connectivity index (χ2n) is 5.25. The van der Waals surface area contributed by atoms with Crippen molar-refractivity contribution in [3.63, 3.8) is 0 Å². The molecule has 0 fully saturated rings. The molecule has 3 rings (SSSR count). The molecule has 1 heterocycles. The monoisotopic (exact) mass is 308 g/mol. The van der Waals surface area contributed by atoms with Gasteiger partial charge in [0, 0.05) is 35.3 Å². The first-order chi connectivity index (χ1) is 11.1. The highest BCUT2D eigenvalue weighted by Gasteiger charge is 2.18. The van der Waals surface area contributed by atoms with Crippen molar-refractivity contribution < 1.29 is 15.0 Å². The molecular formula is C18H16N2O3. The number of hydrogen-bond donors (Lipinski definition) is 3. The van der Waals surface area contributed by atoms with Gasteiger partial charge < -0.3 is 15.2 Å². The highest BCUT2D eigenvalue weighted by Crippen LogP contribution is 2.20. The Labute approximate surface area is 132 Å². The van der Waals surface area contributed by atoms with Crippen LogP contribution in [0.4, 0.5) is 0 Å². The first-order valence-electron chi connectivity index (χ1n) is 7.24. The number of para-hydroxylation sites is 2. The number of phenolic OH excluding ortho intramolecular Hbond substituents is 1. The molecule has 0 aliphatic heterocycles. The number of rotatable bonds is 5. The van der Waals surface area contributed by atoms with Gasteiger partial charge in [0.2, 0.25) is 0 Å². The van der Waals surface area contributed by atoms with Gasteiger partial charge in [0.15, 0.2) is 6.04 Å². The molecule has 5 heteroatoms. The fourth-order valence-electron chi connectivity index (χ4n) is 2.48. The zero-order chi connectivity index (χ0) is 16.2. The minimum absolute atomic E-state index is 0.0764. The highest BCUT2D eigenvalue weighted by molar-refractivity contribution is 5.87. The third kappa shape index (κ3) is 3.23. The zero-order valence-electron chi connectivity index (χ0n) is 12.3. The second-order valence-corrected chi connectivity index (χ2v) is 5.25. The number of nitrogens with one attached hydrogen (secondary N) is 1. The van der Waals surface area contributed by atoms with E-state index in [0.717, 1.165) is 16.5 Å². The first-order valence-corrected chi connectivity index (χ1v) is 7.24. The fraction of sp³-hybridized carbons (Fsp3) is 0.111. The molecule has 0 unspecified atom stereocenters. The van der Waals surface area contributed by atoms with E-state index in [4.69, 9.17) is 0 Å². The summed E-state index contributed by atoms with van der Waals surface area (Å²) in [6.07, 6.45) is 3.50. The summed E-state index contributed by atoms with van der Waals surface area (Å²) in [5, 5.41) is 20.1. The van der Waals surface area contributed by atoms with Gasteiger partial charge in [0.1, 0.15) is 5.75 Å². The van der Waals surface area contributed by atoms with Crippen molar-refractivity contribution in [2.24, 2.45) is 4.99 Å². The number of aromatic hydroxyl groups is 1. The van der Waals surface area contributed by atoms with Crippen LogP contribution in [-0.4, -0.2) is 33.4 Å². The lowest BCUT2D eigenvalue weighted by Gasteiger charge is -2.07. The van der Waals surface area contributed by atoms with E-state index in [1.807, 2.05) is 30.5 Å². The number of phenols is 1. The summed E-state index contributed by atoms with van der Waals surface area (Å²) in [6.45, 7) is 0. The second kappa shape index (κ2) is 6.36. The average molecular weight is 308 g/mol. The van der Waals surface area contributed by atoms with Crippen molar-refractivity contribution in [3.8, 4) is 5.75 Å². The number of fused-ring (bicyclic) bond motifs is 1. The van der Waals surface area contributed by atoms with Crippen LogP contribution in [0, 0.1) is 0 Å². The number of aliphatic carboxylic acids is 1. The Morgan fingerprint density at radius 1 is 1.17 bits per heavy atom. The van der Waals surface area contributed by atoms with Gasteiger partial charge in [-0.2, -0.15) is 0 Å². The molecule has 5 nitrogen and oxygen atoms in total. The summed E-state index contributed by atoms with van der Waals surface area (Å²) in [5.74, 6) is -0.922. The smallest absolute Gasteiger partial charge is 0.328 e. The Morgan fingerprint density at radius 2 is 1.91 bits per heavy atom. The summed E-state index contributed by atoms with van der Waals surface area (Å²) in [7, 11) is 0. The molecule has 1 atom stereocenters. The molecule has 0 amide bonds. The number of carbonyl (C=O) groups is 1. The summed E-state index contributed by atoms with van der Waals surface area (Å²) in [5.41, 5.74) is 2.37. The van der Waals surface area contributed by atoms with Crippen LogP contribution in [0.5, 0.6) is 5.75 Å². The lowest BCUT2D eigenvalue weighted by atomic mass is 10.1. The van der Waals surface area contributed by atoms with Crippen LogP contribution in [0.25, 0.3) is 10.9 Å². The van der Waals surface area contributed by atoms with E-state index in [2.05, 4.69) is 9.98 Å². The molecule has 0 spiro atoms. The van der Waals surface area contributed by atoms with Gasteiger partial charge in [0.25, 0.3) is 0 Å². The number of aromatic nitrogens is 1. The van der Waals surface area contributed by atoms with Gasteiger partial charge in [0.05, 0.1) is 0 Å². The maximum atomic E-state index is 11.5. The molecular weight excluding hydrogens is 292 g/mol. The van der Waals surface area contributed by atoms with Gasteiger partial charge in [-0.3, -0.25) is 4.99 Å². The van der Waals surface area contributed by atoms with E-state index >= 15 is 0 Å². The first kappa shape index (κ1) is 14.8. The number of benzene rings is 2. The number of H-pyrrole nitrogens is 1. The highest BCUT2D eigenvalue weighted by atomic mass is 16.4. The summed E-state index contributed by atoms with van der Waals surface area (Å²) in [4.78, 5) is 18.7. The maximum Gasteiger partial charge on any atom is 0.328 e. The normalized spacial score (nSPS) is 12.7. The Kier molecular flexibility index (Phi) is 4.10. The van der Waals surface area contributed by atoms with Gasteiger partial charge in [-0.25, -0.2) is 4.79 Å². The molecule has 3 N–H and O–H groups in total. The number of aromatic amines is 1. The Hall–Kier alpha value is -3.08. The number of hydrogen-bond acceptors (Lipinski definition) is 3. The molecule has 23 heavy (non-hydrogen) atoms. The third-order valence-electron chi connectivity index (χ3n) is 3.70. The van der Waals surface area contributed by atoms with Crippen molar-refractivity contribution in [2.45, 2.75) is 12.5 Å². The molecule has 2 aromatic carbocycles. The summed E-state index contributed by atoms with van der Waals surface area (Å²) in [6, 6.07) is 13.5. The van der Waals surface area contributed by atoms with Crippen LogP contribution in [-0.2, 0) is 11.2 Å². The standard InChI is InChI=1S/C18H16N2O3/c21-17-8-4-1-5-12(17)10-20-16(18(22)23)9-13-11-19-15-7-3-2-6-14(13)15/h1-8,10-11,16,19,21H,9H2,(H,22,23)/b20-10+/t16-/m0/s1. The van der Waals surface area contributed by atoms with Gasteiger partial charge in [-0.05, 0) is 23.8 Å². The predicted molar refractivity (Wildman–Crippen MR) is 89.1 cm³/mol. The van der Waals surface area contributed by atoms with E-state index in [0.29, 0.717) is 5.56 Å². The minimum atomic E-state index is -0.998. The Morgan fingerprint density at radius 3 is 2.70 bits per heavy atom. The third-order valence-corrected chi connectivity index (χ3v) is 3.70. The lowest BCUT2D eigenvalue weighted by Crippen LogP contribution is -2.20. The molecule has 1 aromatic heterocycles. The summed E-state index contributed by atoms with van der Waals surface area (Å²) >= 11 is 0. The van der Waals surface area contributed by atoms with E-state index < -0.39 is 12.0 Å². The predicted octanol–water partition coefficient (Wildman–Crippen LogP) is 2.99. The van der Waals surface area contributed by atoms with Crippen molar-refractivity contribution in [1.82, 2.24) is 4.98 Å². The van der Waals surface area contributed by atoms with E-state index in [-0.39, 0.29) is 12.2 Å². The maximum absolute atomic E-state index is 11.5. The van der Waals surface area contributed by atoms with Crippen LogP contribution >= 0.6 is 0 Å². The van der Waals surface area contributed by atoms with Gasteiger partial charge in [-0.15, -0.1) is 0 Å². The van der Waals surface area contributed by atoms with Gasteiger partial charge in [-0.1, -0.05) is 30.3 Å². The molecule has 116 valence electrons. The molecule has 0 bridgehead atoms. The molecule has 0 aliphatic rings. The molecule has 0 radical (unpaired) electrons. The zero-order valence-corrected chi connectivity index (χ0v) is 12.3. The topological polar surface area (TPSA) is 85.7 Å². The number of carboxylic acid groups (broad SMARTS) is 1. The largest absolute Gasteiger partial charge is 0.507 e. The van der Waals surface area contributed by atoms with Crippen LogP contribution in [0.1, 0.15) is 11.1 Å². The molecule has 3 aromatic rings. The van der Waals surface area contributed by atoms with E-state index in [1.165, 1.54) is 12.3 Å².